The minimum Gasteiger partial charge on any atom is -0.383 e. The predicted octanol–water partition coefficient (Wildman–Crippen LogP) is 5.41. The maximum absolute atomic E-state index is 12.8. The van der Waals surface area contributed by atoms with E-state index in [0.717, 1.165) is 49.7 Å². The van der Waals surface area contributed by atoms with Crippen molar-refractivity contribution < 1.29 is 0 Å². The molecular formula is C40H44ClN13O2. The summed E-state index contributed by atoms with van der Waals surface area (Å²) in [5.41, 5.74) is 8.30. The van der Waals surface area contributed by atoms with Crippen LogP contribution >= 0.6 is 11.6 Å². The summed E-state index contributed by atoms with van der Waals surface area (Å²) in [4.78, 5) is 63.7. The summed E-state index contributed by atoms with van der Waals surface area (Å²) < 4.78 is 2.86. The van der Waals surface area contributed by atoms with Crippen LogP contribution in [0.3, 0.4) is 0 Å². The Morgan fingerprint density at radius 3 is 1.50 bits per heavy atom. The van der Waals surface area contributed by atoms with Gasteiger partial charge in [0.2, 0.25) is 0 Å². The fraction of sp³-hybridized carbons (Fsp3) is 0.450. The van der Waals surface area contributed by atoms with Crippen molar-refractivity contribution in [3.8, 4) is 11.4 Å². The minimum absolute atomic E-state index is 0.106. The number of rotatable bonds is 4. The highest BCUT2D eigenvalue weighted by Crippen LogP contribution is 2.53. The van der Waals surface area contributed by atoms with Crippen LogP contribution in [0.5, 0.6) is 0 Å². The van der Waals surface area contributed by atoms with Crippen LogP contribution in [0, 0.1) is 22.7 Å². The van der Waals surface area contributed by atoms with Crippen molar-refractivity contribution >= 4 is 51.1 Å². The highest BCUT2D eigenvalue weighted by molar-refractivity contribution is 6.33. The molecule has 6 aromatic heterocycles. The molecule has 0 bridgehead atoms. The van der Waals surface area contributed by atoms with E-state index in [9.17, 15) is 9.59 Å². The second-order valence-electron chi connectivity index (χ2n) is 16.4. The Hall–Kier alpha value is -5.57. The van der Waals surface area contributed by atoms with Crippen LogP contribution < -0.4 is 26.7 Å². The van der Waals surface area contributed by atoms with Gasteiger partial charge in [0, 0.05) is 26.2 Å². The van der Waals surface area contributed by atoms with Gasteiger partial charge in [0.05, 0.1) is 23.8 Å². The zero-order chi connectivity index (χ0) is 38.6. The van der Waals surface area contributed by atoms with Crippen molar-refractivity contribution in [1.29, 1.82) is 0 Å². The molecule has 4 fully saturated rings. The molecule has 0 radical (unpaired) electrons. The molecule has 0 unspecified atom stereocenters. The van der Waals surface area contributed by atoms with Gasteiger partial charge in [-0.15, -0.1) is 0 Å². The maximum Gasteiger partial charge on any atom is 0.271 e. The Balaban J connectivity index is 0.000000146. The Kier molecular flexibility index (Phi) is 9.14. The van der Waals surface area contributed by atoms with E-state index in [1.165, 1.54) is 85.8 Å². The lowest BCUT2D eigenvalue weighted by atomic mass is 9.58. The summed E-state index contributed by atoms with van der Waals surface area (Å²) in [6, 6.07) is 7.73. The molecule has 4 aliphatic rings. The zero-order valence-corrected chi connectivity index (χ0v) is 32.3. The van der Waals surface area contributed by atoms with E-state index in [-0.39, 0.29) is 32.9 Å². The van der Waals surface area contributed by atoms with Crippen molar-refractivity contribution in [3.63, 3.8) is 0 Å². The number of aromatic nitrogens is 10. The van der Waals surface area contributed by atoms with E-state index in [0.29, 0.717) is 33.5 Å². The van der Waals surface area contributed by atoms with Crippen molar-refractivity contribution in [3.05, 3.63) is 87.8 Å². The number of fused-ring (bicyclic) bond motifs is 2. The Morgan fingerprint density at radius 1 is 0.607 bits per heavy atom. The Morgan fingerprint density at radius 2 is 1.05 bits per heavy atom. The molecule has 2 spiro atoms. The third-order valence-electron chi connectivity index (χ3n) is 12.5. The molecule has 288 valence electrons. The normalized spacial score (nSPS) is 20.1. The van der Waals surface area contributed by atoms with E-state index < -0.39 is 0 Å². The van der Waals surface area contributed by atoms with E-state index >= 15 is 0 Å². The molecule has 2 aliphatic heterocycles. The van der Waals surface area contributed by atoms with E-state index in [2.05, 4.69) is 63.5 Å². The number of hydrogen-bond acceptors (Lipinski definition) is 13. The second-order valence-corrected chi connectivity index (χ2v) is 16.8. The van der Waals surface area contributed by atoms with E-state index in [1.54, 1.807) is 12.4 Å². The average Bonchev–Trinajstić information content (AvgIpc) is 3.18. The van der Waals surface area contributed by atoms with Crippen LogP contribution in [0.1, 0.15) is 65.2 Å². The highest BCUT2D eigenvalue weighted by atomic mass is 35.5. The topological polar surface area (TPSA) is 180 Å². The maximum atomic E-state index is 12.8. The lowest BCUT2D eigenvalue weighted by Crippen LogP contribution is -2.46. The summed E-state index contributed by atoms with van der Waals surface area (Å²) in [6.07, 6.45) is 19.4. The monoisotopic (exact) mass is 773 g/mol. The number of anilines is 3. The number of piperidine rings is 2. The zero-order valence-electron chi connectivity index (χ0n) is 31.6. The first-order valence-electron chi connectivity index (χ1n) is 19.4. The van der Waals surface area contributed by atoms with Crippen molar-refractivity contribution in [2.75, 3.05) is 41.7 Å². The second kappa shape index (κ2) is 14.2. The SMILES string of the molecule is CC1CC2(CCN(c3ccc(-n4cnc5ncnc(Cl)c5c4=O)cn3)CC2)C1.CC1CC2(CCN(c3ccc(-n4cnc5ncnc(N)c5c4=O)cn3)CC2)C1. The minimum atomic E-state index is -0.302. The molecule has 6 aromatic rings. The molecule has 0 aromatic carbocycles. The largest absolute Gasteiger partial charge is 0.383 e. The molecule has 2 N–H and O–H groups in total. The molecule has 2 saturated carbocycles. The summed E-state index contributed by atoms with van der Waals surface area (Å²) in [5.74, 6) is 3.81. The third kappa shape index (κ3) is 6.61. The molecule has 2 saturated heterocycles. The van der Waals surface area contributed by atoms with Crippen LogP contribution in [0.4, 0.5) is 17.5 Å². The van der Waals surface area contributed by atoms with Crippen LogP contribution in [0.15, 0.2) is 71.6 Å². The summed E-state index contributed by atoms with van der Waals surface area (Å²) in [5, 5.41) is 0.547. The summed E-state index contributed by atoms with van der Waals surface area (Å²) in [6.45, 7) is 8.88. The van der Waals surface area contributed by atoms with Crippen LogP contribution in [0.25, 0.3) is 33.4 Å². The molecule has 56 heavy (non-hydrogen) atoms. The predicted molar refractivity (Wildman–Crippen MR) is 215 cm³/mol. The molecule has 0 amide bonds. The quantitative estimate of drug-likeness (QED) is 0.225. The van der Waals surface area contributed by atoms with Gasteiger partial charge in [0.1, 0.15) is 58.7 Å². The van der Waals surface area contributed by atoms with Crippen molar-refractivity contribution in [1.82, 2.24) is 49.0 Å². The molecule has 2 aliphatic carbocycles. The van der Waals surface area contributed by atoms with E-state index in [4.69, 9.17) is 17.3 Å². The van der Waals surface area contributed by atoms with Crippen molar-refractivity contribution in [2.45, 2.75) is 65.2 Å². The lowest BCUT2D eigenvalue weighted by molar-refractivity contribution is 0.0379. The van der Waals surface area contributed by atoms with E-state index in [1.807, 2.05) is 24.3 Å². The van der Waals surface area contributed by atoms with Crippen LogP contribution in [0.2, 0.25) is 5.15 Å². The Bertz CT molecular complexity index is 2330. The standard InChI is InChI=1S/C20H21ClN6O.C20H23N7O/c2*1-13-8-20(9-13)4-6-26(7-5-20)15-3-2-14(10-22-15)27-12-25-18-16(19(27)28)17(21)23-11-24-18/h2-3,10-13H,4-9H2,1H3;2-3,10-13H,4-9H2,1H3,(H2,21,23,24). The smallest absolute Gasteiger partial charge is 0.271 e. The number of hydrogen-bond donors (Lipinski definition) is 1. The van der Waals surface area contributed by atoms with Gasteiger partial charge in [-0.1, -0.05) is 25.4 Å². The number of nitrogen functional groups attached to an aromatic ring is 1. The van der Waals surface area contributed by atoms with Gasteiger partial charge in [-0.05, 0) is 98.3 Å². The molecule has 8 heterocycles. The van der Waals surface area contributed by atoms with Gasteiger partial charge in [-0.3, -0.25) is 18.7 Å². The van der Waals surface area contributed by atoms with Crippen LogP contribution in [-0.2, 0) is 0 Å². The highest BCUT2D eigenvalue weighted by Gasteiger charge is 2.44. The third-order valence-corrected chi connectivity index (χ3v) is 12.8. The number of nitrogens with two attached hydrogens (primary N) is 1. The first-order valence-corrected chi connectivity index (χ1v) is 19.8. The van der Waals surface area contributed by atoms with Gasteiger partial charge >= 0.3 is 0 Å². The first kappa shape index (κ1) is 36.1. The van der Waals surface area contributed by atoms with Crippen LogP contribution in [-0.4, -0.2) is 75.2 Å². The summed E-state index contributed by atoms with van der Waals surface area (Å²) >= 11 is 6.07. The van der Waals surface area contributed by atoms with Gasteiger partial charge < -0.3 is 15.5 Å². The first-order chi connectivity index (χ1) is 27.1. The van der Waals surface area contributed by atoms with Gasteiger partial charge in [-0.2, -0.15) is 0 Å². The number of pyridine rings is 2. The van der Waals surface area contributed by atoms with Gasteiger partial charge in [0.15, 0.2) is 11.3 Å². The molecule has 15 nitrogen and oxygen atoms in total. The van der Waals surface area contributed by atoms with Crippen molar-refractivity contribution in [2.24, 2.45) is 22.7 Å². The Labute approximate surface area is 328 Å². The number of halogens is 1. The lowest BCUT2D eigenvalue weighted by Gasteiger charge is -2.51. The van der Waals surface area contributed by atoms with Gasteiger partial charge in [-0.25, -0.2) is 39.9 Å². The summed E-state index contributed by atoms with van der Waals surface area (Å²) in [7, 11) is 0. The van der Waals surface area contributed by atoms with Gasteiger partial charge in [0.25, 0.3) is 11.1 Å². The molecular weight excluding hydrogens is 730 g/mol. The molecule has 10 rings (SSSR count). The number of nitrogens with zero attached hydrogens (tertiary/aromatic N) is 12. The molecule has 0 atom stereocenters. The fourth-order valence-electron chi connectivity index (χ4n) is 9.76. The average molecular weight is 774 g/mol. The molecule has 16 heteroatoms. The fourth-order valence-corrected chi connectivity index (χ4v) is 9.97.